The Bertz CT molecular complexity index is 932. The SMILES string of the molecule is Cc1cc(C)cc(-n2c(S[C@H](C)C(N)=O)nnc2-c2ccc(Br)cc2)c1. The Morgan fingerprint density at radius 3 is 2.31 bits per heavy atom. The molecule has 134 valence electrons. The summed E-state index contributed by atoms with van der Waals surface area (Å²) in [6, 6.07) is 14.2. The van der Waals surface area contributed by atoms with Gasteiger partial charge in [-0.05, 0) is 56.2 Å². The molecule has 0 bridgehead atoms. The molecule has 3 rings (SSSR count). The maximum Gasteiger partial charge on any atom is 0.230 e. The minimum absolute atomic E-state index is 0.379. The molecule has 0 fully saturated rings. The van der Waals surface area contributed by atoms with Crippen LogP contribution in [0.4, 0.5) is 0 Å². The van der Waals surface area contributed by atoms with Gasteiger partial charge >= 0.3 is 0 Å². The van der Waals surface area contributed by atoms with Gasteiger partial charge in [-0.25, -0.2) is 0 Å². The number of primary amides is 1. The minimum atomic E-state index is -0.401. The van der Waals surface area contributed by atoms with E-state index in [1.807, 2.05) is 28.8 Å². The van der Waals surface area contributed by atoms with Crippen LogP contribution in [-0.2, 0) is 4.79 Å². The van der Waals surface area contributed by atoms with Gasteiger partial charge in [0.25, 0.3) is 0 Å². The van der Waals surface area contributed by atoms with Crippen LogP contribution in [-0.4, -0.2) is 25.9 Å². The third-order valence-electron chi connectivity index (χ3n) is 3.88. The Morgan fingerprint density at radius 2 is 1.73 bits per heavy atom. The maximum absolute atomic E-state index is 11.5. The summed E-state index contributed by atoms with van der Waals surface area (Å²) >= 11 is 4.77. The molecular weight excluding hydrogens is 412 g/mol. The van der Waals surface area contributed by atoms with Gasteiger partial charge < -0.3 is 5.73 Å². The van der Waals surface area contributed by atoms with Crippen molar-refractivity contribution in [3.63, 3.8) is 0 Å². The Hall–Kier alpha value is -2.12. The van der Waals surface area contributed by atoms with Gasteiger partial charge in [0.15, 0.2) is 11.0 Å². The molecule has 0 aliphatic heterocycles. The summed E-state index contributed by atoms with van der Waals surface area (Å²) < 4.78 is 2.98. The van der Waals surface area contributed by atoms with E-state index in [-0.39, 0.29) is 5.91 Å². The van der Waals surface area contributed by atoms with Crippen LogP contribution >= 0.6 is 27.7 Å². The lowest BCUT2D eigenvalue weighted by atomic mass is 10.1. The number of nitrogens with two attached hydrogens (primary N) is 1. The van der Waals surface area contributed by atoms with Gasteiger partial charge in [0, 0.05) is 10.0 Å². The van der Waals surface area contributed by atoms with Gasteiger partial charge in [0.05, 0.1) is 10.9 Å². The molecule has 0 aliphatic carbocycles. The number of halogens is 1. The fourth-order valence-corrected chi connectivity index (χ4v) is 3.74. The second kappa shape index (κ2) is 7.63. The molecule has 2 aromatic carbocycles. The summed E-state index contributed by atoms with van der Waals surface area (Å²) in [4.78, 5) is 11.5. The summed E-state index contributed by atoms with van der Waals surface area (Å²) in [6.07, 6.45) is 0. The number of amides is 1. The van der Waals surface area contributed by atoms with Crippen LogP contribution in [0.2, 0.25) is 0 Å². The van der Waals surface area contributed by atoms with Crippen molar-refractivity contribution >= 4 is 33.6 Å². The van der Waals surface area contributed by atoms with E-state index in [0.717, 1.165) is 32.7 Å². The molecule has 1 heterocycles. The number of carbonyl (C=O) groups excluding carboxylic acids is 1. The summed E-state index contributed by atoms with van der Waals surface area (Å²) in [5.41, 5.74) is 9.63. The third-order valence-corrected chi connectivity index (χ3v) is 5.47. The molecule has 1 amide bonds. The fraction of sp³-hybridized carbons (Fsp3) is 0.211. The van der Waals surface area contributed by atoms with Crippen LogP contribution < -0.4 is 5.73 Å². The number of nitrogens with zero attached hydrogens (tertiary/aromatic N) is 3. The van der Waals surface area contributed by atoms with E-state index >= 15 is 0 Å². The summed E-state index contributed by atoms with van der Waals surface area (Å²) in [7, 11) is 0. The lowest BCUT2D eigenvalue weighted by Crippen LogP contribution is -2.23. The number of carbonyl (C=O) groups is 1. The number of aryl methyl sites for hydroxylation is 2. The van der Waals surface area contributed by atoms with E-state index < -0.39 is 5.25 Å². The lowest BCUT2D eigenvalue weighted by Gasteiger charge is -2.13. The second-order valence-corrected chi connectivity index (χ2v) is 8.38. The first kappa shape index (κ1) is 18.7. The van der Waals surface area contributed by atoms with Gasteiger partial charge in [-0.2, -0.15) is 0 Å². The van der Waals surface area contributed by atoms with E-state index in [1.54, 1.807) is 6.92 Å². The number of rotatable bonds is 5. The molecule has 0 saturated heterocycles. The van der Waals surface area contributed by atoms with E-state index in [4.69, 9.17) is 5.73 Å². The second-order valence-electron chi connectivity index (χ2n) is 6.16. The molecule has 1 atom stereocenters. The zero-order valence-corrected chi connectivity index (χ0v) is 17.1. The normalized spacial score (nSPS) is 12.2. The van der Waals surface area contributed by atoms with Crippen LogP contribution in [0.25, 0.3) is 17.1 Å². The quantitative estimate of drug-likeness (QED) is 0.612. The smallest absolute Gasteiger partial charge is 0.230 e. The van der Waals surface area contributed by atoms with E-state index in [0.29, 0.717) is 5.16 Å². The Balaban J connectivity index is 2.17. The van der Waals surface area contributed by atoms with Crippen LogP contribution in [0.1, 0.15) is 18.1 Å². The van der Waals surface area contributed by atoms with Crippen LogP contribution in [0, 0.1) is 13.8 Å². The number of benzene rings is 2. The highest BCUT2D eigenvalue weighted by atomic mass is 79.9. The first-order valence-corrected chi connectivity index (χ1v) is 9.78. The predicted molar refractivity (Wildman–Crippen MR) is 108 cm³/mol. The van der Waals surface area contributed by atoms with Gasteiger partial charge in [0.1, 0.15) is 0 Å². The van der Waals surface area contributed by atoms with Crippen LogP contribution in [0.15, 0.2) is 52.1 Å². The Labute approximate surface area is 165 Å². The van der Waals surface area contributed by atoms with E-state index in [1.165, 1.54) is 11.8 Å². The number of aromatic nitrogens is 3. The van der Waals surface area contributed by atoms with Crippen molar-refractivity contribution in [2.75, 3.05) is 0 Å². The number of thioether (sulfide) groups is 1. The highest BCUT2D eigenvalue weighted by molar-refractivity contribution is 9.10. The topological polar surface area (TPSA) is 73.8 Å². The van der Waals surface area contributed by atoms with Crippen molar-refractivity contribution in [3.8, 4) is 17.1 Å². The Kier molecular flexibility index (Phi) is 5.48. The van der Waals surface area contributed by atoms with Crippen molar-refractivity contribution in [2.45, 2.75) is 31.2 Å². The van der Waals surface area contributed by atoms with Crippen molar-refractivity contribution in [3.05, 3.63) is 58.1 Å². The zero-order valence-electron chi connectivity index (χ0n) is 14.7. The lowest BCUT2D eigenvalue weighted by molar-refractivity contribution is -0.117. The van der Waals surface area contributed by atoms with Crippen LogP contribution in [0.5, 0.6) is 0 Å². The van der Waals surface area contributed by atoms with Gasteiger partial charge in [-0.15, -0.1) is 10.2 Å². The first-order chi connectivity index (χ1) is 12.3. The van der Waals surface area contributed by atoms with E-state index in [2.05, 4.69) is 58.2 Å². The molecule has 0 saturated carbocycles. The predicted octanol–water partition coefficient (Wildman–Crippen LogP) is 4.28. The van der Waals surface area contributed by atoms with Crippen molar-refractivity contribution in [1.29, 1.82) is 0 Å². The highest BCUT2D eigenvalue weighted by Gasteiger charge is 2.20. The molecule has 0 spiro atoms. The van der Waals surface area contributed by atoms with Crippen LogP contribution in [0.3, 0.4) is 0 Å². The molecular formula is C19H19BrN4OS. The fourth-order valence-electron chi connectivity index (χ4n) is 2.66. The van der Waals surface area contributed by atoms with Gasteiger partial charge in [-0.3, -0.25) is 9.36 Å². The van der Waals surface area contributed by atoms with Gasteiger partial charge in [0.2, 0.25) is 5.91 Å². The number of hydrogen-bond donors (Lipinski definition) is 1. The standard InChI is InChI=1S/C19H19BrN4OS/c1-11-8-12(2)10-16(9-11)24-18(14-4-6-15(20)7-5-14)22-23-19(24)26-13(3)17(21)25/h4-10,13H,1-3H3,(H2,21,25)/t13-/m1/s1. The molecule has 0 unspecified atom stereocenters. The Morgan fingerprint density at radius 1 is 1.12 bits per heavy atom. The highest BCUT2D eigenvalue weighted by Crippen LogP contribution is 2.31. The molecule has 2 N–H and O–H groups in total. The zero-order chi connectivity index (χ0) is 18.8. The molecule has 0 aliphatic rings. The van der Waals surface area contributed by atoms with Crippen molar-refractivity contribution < 1.29 is 4.79 Å². The van der Waals surface area contributed by atoms with Crippen molar-refractivity contribution in [1.82, 2.24) is 14.8 Å². The van der Waals surface area contributed by atoms with E-state index in [9.17, 15) is 4.79 Å². The average Bonchev–Trinajstić information content (AvgIpc) is 2.98. The average molecular weight is 431 g/mol. The van der Waals surface area contributed by atoms with Crippen molar-refractivity contribution in [2.24, 2.45) is 5.73 Å². The number of hydrogen-bond acceptors (Lipinski definition) is 4. The summed E-state index contributed by atoms with van der Waals surface area (Å²) in [5, 5.41) is 8.96. The maximum atomic E-state index is 11.5. The molecule has 26 heavy (non-hydrogen) atoms. The molecule has 3 aromatic rings. The largest absolute Gasteiger partial charge is 0.369 e. The molecule has 1 aromatic heterocycles. The molecule has 7 heteroatoms. The summed E-state index contributed by atoms with van der Waals surface area (Å²) in [6.45, 7) is 5.88. The third kappa shape index (κ3) is 3.99. The molecule has 0 radical (unpaired) electrons. The first-order valence-electron chi connectivity index (χ1n) is 8.11. The monoisotopic (exact) mass is 430 g/mol. The van der Waals surface area contributed by atoms with Gasteiger partial charge in [-0.1, -0.05) is 45.9 Å². The molecule has 5 nitrogen and oxygen atoms in total. The summed E-state index contributed by atoms with van der Waals surface area (Å²) in [5.74, 6) is 0.344. The minimum Gasteiger partial charge on any atom is -0.369 e.